The number of hydrogen-bond acceptors (Lipinski definition) is 5. The number of hydrogen-bond donors (Lipinski definition) is 1. The van der Waals surface area contributed by atoms with E-state index in [0.29, 0.717) is 36.6 Å². The van der Waals surface area contributed by atoms with Crippen LogP contribution < -0.4 is 14.8 Å². The number of nitrogens with zero attached hydrogens (tertiary/aromatic N) is 3. The fourth-order valence-corrected chi connectivity index (χ4v) is 3.43. The van der Waals surface area contributed by atoms with Crippen molar-refractivity contribution in [3.8, 4) is 11.5 Å². The van der Waals surface area contributed by atoms with Gasteiger partial charge < -0.3 is 14.8 Å². The summed E-state index contributed by atoms with van der Waals surface area (Å²) >= 11 is 0. The molecule has 0 aliphatic carbocycles. The number of nitrogens with one attached hydrogen (secondary N) is 1. The molecule has 7 heteroatoms. The highest BCUT2D eigenvalue weighted by Gasteiger charge is 2.08. The van der Waals surface area contributed by atoms with Gasteiger partial charge in [-0.05, 0) is 53.9 Å². The number of para-hydroxylation sites is 1. The summed E-state index contributed by atoms with van der Waals surface area (Å²) in [7, 11) is 3.22. The van der Waals surface area contributed by atoms with Crippen LogP contribution >= 0.6 is 0 Å². The van der Waals surface area contributed by atoms with Crippen molar-refractivity contribution in [2.75, 3.05) is 20.8 Å². The first-order chi connectivity index (χ1) is 15.2. The maximum atomic E-state index is 12.5. The fraction of sp³-hybridized carbons (Fsp3) is 0.208. The maximum absolute atomic E-state index is 12.5. The van der Waals surface area contributed by atoms with E-state index in [1.807, 2.05) is 71.4 Å². The first kappa shape index (κ1) is 20.4. The number of methoxy groups -OCH3 is 2. The van der Waals surface area contributed by atoms with E-state index in [0.717, 1.165) is 22.2 Å². The number of carbonyl (C=O) groups excluding carboxylic acids is 1. The summed E-state index contributed by atoms with van der Waals surface area (Å²) in [6.45, 7) is 1.13. The van der Waals surface area contributed by atoms with Gasteiger partial charge in [0.05, 0.1) is 26.3 Å². The molecule has 0 spiro atoms. The minimum Gasteiger partial charge on any atom is -0.493 e. The second kappa shape index (κ2) is 9.30. The van der Waals surface area contributed by atoms with Gasteiger partial charge in [-0.15, -0.1) is 5.10 Å². The molecule has 31 heavy (non-hydrogen) atoms. The Morgan fingerprint density at radius 1 is 0.935 bits per heavy atom. The van der Waals surface area contributed by atoms with Crippen molar-refractivity contribution >= 4 is 16.9 Å². The zero-order valence-corrected chi connectivity index (χ0v) is 17.5. The van der Waals surface area contributed by atoms with Crippen LogP contribution in [0.15, 0.2) is 66.7 Å². The summed E-state index contributed by atoms with van der Waals surface area (Å²) in [6.07, 6.45) is 0.698. The third-order valence-corrected chi connectivity index (χ3v) is 5.12. The Labute approximate surface area is 180 Å². The average Bonchev–Trinajstić information content (AvgIpc) is 3.22. The lowest BCUT2D eigenvalue weighted by molar-refractivity contribution is 0.0954. The summed E-state index contributed by atoms with van der Waals surface area (Å²) in [4.78, 5) is 12.5. The van der Waals surface area contributed by atoms with E-state index in [1.54, 1.807) is 14.2 Å². The summed E-state index contributed by atoms with van der Waals surface area (Å²) in [5.74, 6) is 1.27. The van der Waals surface area contributed by atoms with Crippen molar-refractivity contribution in [3.63, 3.8) is 0 Å². The van der Waals surface area contributed by atoms with E-state index in [1.165, 1.54) is 0 Å². The highest BCUT2D eigenvalue weighted by Crippen LogP contribution is 2.27. The molecule has 158 valence electrons. The summed E-state index contributed by atoms with van der Waals surface area (Å²) in [5, 5.41) is 11.3. The van der Waals surface area contributed by atoms with Crippen molar-refractivity contribution in [1.82, 2.24) is 20.3 Å². The topological polar surface area (TPSA) is 78.3 Å². The van der Waals surface area contributed by atoms with E-state index in [2.05, 4.69) is 15.6 Å². The predicted molar refractivity (Wildman–Crippen MR) is 119 cm³/mol. The van der Waals surface area contributed by atoms with Gasteiger partial charge in [-0.3, -0.25) is 4.79 Å². The molecule has 1 amide bonds. The largest absolute Gasteiger partial charge is 0.493 e. The third-order valence-electron chi connectivity index (χ3n) is 5.12. The third kappa shape index (κ3) is 4.66. The molecule has 1 aromatic heterocycles. The van der Waals surface area contributed by atoms with Crippen LogP contribution in [-0.4, -0.2) is 41.7 Å². The zero-order chi connectivity index (χ0) is 21.6. The van der Waals surface area contributed by atoms with Gasteiger partial charge in [0.1, 0.15) is 5.52 Å². The SMILES string of the molecule is COc1ccc(CCNC(=O)c2ccc(Cn3nnc4ccccc43)cc2)cc1OC. The molecule has 0 fully saturated rings. The van der Waals surface area contributed by atoms with Crippen LogP contribution in [0, 0.1) is 0 Å². The van der Waals surface area contributed by atoms with E-state index >= 15 is 0 Å². The smallest absolute Gasteiger partial charge is 0.251 e. The van der Waals surface area contributed by atoms with Gasteiger partial charge >= 0.3 is 0 Å². The van der Waals surface area contributed by atoms with Gasteiger partial charge in [0.2, 0.25) is 0 Å². The minimum atomic E-state index is -0.0989. The highest BCUT2D eigenvalue weighted by molar-refractivity contribution is 5.94. The number of benzene rings is 3. The van der Waals surface area contributed by atoms with Gasteiger partial charge in [-0.1, -0.05) is 35.5 Å². The Hall–Kier alpha value is -3.87. The number of carbonyl (C=O) groups is 1. The van der Waals surface area contributed by atoms with Crippen LogP contribution in [0.3, 0.4) is 0 Å². The van der Waals surface area contributed by atoms with Crippen molar-refractivity contribution in [3.05, 3.63) is 83.4 Å². The maximum Gasteiger partial charge on any atom is 0.251 e. The van der Waals surface area contributed by atoms with Gasteiger partial charge in [0, 0.05) is 12.1 Å². The van der Waals surface area contributed by atoms with E-state index in [4.69, 9.17) is 9.47 Å². The monoisotopic (exact) mass is 416 g/mol. The molecule has 0 unspecified atom stereocenters. The average molecular weight is 416 g/mol. The second-order valence-corrected chi connectivity index (χ2v) is 7.13. The molecule has 0 bridgehead atoms. The summed E-state index contributed by atoms with van der Waals surface area (Å²) < 4.78 is 12.4. The number of fused-ring (bicyclic) bond motifs is 1. The molecular weight excluding hydrogens is 392 g/mol. The Kier molecular flexibility index (Phi) is 6.12. The molecule has 1 N–H and O–H groups in total. The molecule has 0 aliphatic rings. The Morgan fingerprint density at radius 2 is 1.68 bits per heavy atom. The first-order valence-corrected chi connectivity index (χ1v) is 10.0. The van der Waals surface area contributed by atoms with Crippen LogP contribution in [0.25, 0.3) is 11.0 Å². The molecule has 0 atom stereocenters. The number of aromatic nitrogens is 3. The number of ether oxygens (including phenoxy) is 2. The normalized spacial score (nSPS) is 10.8. The van der Waals surface area contributed by atoms with Crippen LogP contribution in [0.1, 0.15) is 21.5 Å². The van der Waals surface area contributed by atoms with Crippen molar-refractivity contribution < 1.29 is 14.3 Å². The number of rotatable bonds is 8. The molecule has 0 saturated carbocycles. The summed E-state index contributed by atoms with van der Waals surface area (Å²) in [6, 6.07) is 21.2. The Morgan fingerprint density at radius 3 is 2.45 bits per heavy atom. The fourth-order valence-electron chi connectivity index (χ4n) is 3.43. The molecule has 4 rings (SSSR count). The second-order valence-electron chi connectivity index (χ2n) is 7.13. The summed E-state index contributed by atoms with van der Waals surface area (Å²) in [5.41, 5.74) is 4.60. The van der Waals surface area contributed by atoms with E-state index < -0.39 is 0 Å². The Bertz CT molecular complexity index is 1190. The molecule has 4 aromatic rings. The molecular formula is C24H24N4O3. The van der Waals surface area contributed by atoms with Gasteiger partial charge in [-0.25, -0.2) is 4.68 Å². The van der Waals surface area contributed by atoms with Crippen molar-refractivity contribution in [2.45, 2.75) is 13.0 Å². The lowest BCUT2D eigenvalue weighted by Gasteiger charge is -2.10. The number of amides is 1. The van der Waals surface area contributed by atoms with E-state index in [-0.39, 0.29) is 5.91 Å². The molecule has 0 saturated heterocycles. The molecule has 1 heterocycles. The van der Waals surface area contributed by atoms with Gasteiger partial charge in [0.25, 0.3) is 5.91 Å². The predicted octanol–water partition coefficient (Wildman–Crippen LogP) is 3.47. The van der Waals surface area contributed by atoms with Crippen molar-refractivity contribution in [2.24, 2.45) is 0 Å². The van der Waals surface area contributed by atoms with Crippen LogP contribution in [0.4, 0.5) is 0 Å². The van der Waals surface area contributed by atoms with Crippen LogP contribution in [0.5, 0.6) is 11.5 Å². The zero-order valence-electron chi connectivity index (χ0n) is 17.5. The minimum absolute atomic E-state index is 0.0989. The molecule has 0 aliphatic heterocycles. The van der Waals surface area contributed by atoms with Crippen molar-refractivity contribution in [1.29, 1.82) is 0 Å². The standard InChI is InChI=1S/C24H24N4O3/c1-30-22-12-9-17(15-23(22)31-2)13-14-25-24(29)19-10-7-18(8-11-19)16-28-21-6-4-3-5-20(21)26-27-28/h3-12,15H,13-14,16H2,1-2H3,(H,25,29). The Balaban J connectivity index is 1.33. The van der Waals surface area contributed by atoms with Crippen LogP contribution in [0.2, 0.25) is 0 Å². The quantitative estimate of drug-likeness (QED) is 0.476. The first-order valence-electron chi connectivity index (χ1n) is 10.0. The lowest BCUT2D eigenvalue weighted by Crippen LogP contribution is -2.25. The molecule has 0 radical (unpaired) electrons. The highest BCUT2D eigenvalue weighted by atomic mass is 16.5. The van der Waals surface area contributed by atoms with E-state index in [9.17, 15) is 4.79 Å². The van der Waals surface area contributed by atoms with Gasteiger partial charge in [0.15, 0.2) is 11.5 Å². The van der Waals surface area contributed by atoms with Gasteiger partial charge in [-0.2, -0.15) is 0 Å². The molecule has 7 nitrogen and oxygen atoms in total. The molecule has 3 aromatic carbocycles. The lowest BCUT2D eigenvalue weighted by atomic mass is 10.1. The van der Waals surface area contributed by atoms with Crippen LogP contribution in [-0.2, 0) is 13.0 Å².